The Kier molecular flexibility index (Phi) is 4.54. The maximum Gasteiger partial charge on any atom is -0.0146 e. The Hall–Kier alpha value is -1.82. The summed E-state index contributed by atoms with van der Waals surface area (Å²) >= 11 is 0. The van der Waals surface area contributed by atoms with Gasteiger partial charge >= 0.3 is 0 Å². The van der Waals surface area contributed by atoms with E-state index in [9.17, 15) is 0 Å². The first-order chi connectivity index (χ1) is 12.2. The van der Waals surface area contributed by atoms with Gasteiger partial charge in [0.2, 0.25) is 0 Å². The summed E-state index contributed by atoms with van der Waals surface area (Å²) in [5, 5.41) is 0. The van der Waals surface area contributed by atoms with Gasteiger partial charge in [0.05, 0.1) is 0 Å². The van der Waals surface area contributed by atoms with Crippen LogP contribution in [0.25, 0.3) is 11.1 Å². The molecule has 0 N–H and O–H groups in total. The van der Waals surface area contributed by atoms with E-state index in [0.29, 0.717) is 5.92 Å². The topological polar surface area (TPSA) is 0 Å². The fourth-order valence-corrected chi connectivity index (χ4v) is 5.05. The Bertz CT molecular complexity index is 795. The molecule has 0 saturated heterocycles. The van der Waals surface area contributed by atoms with Crippen LogP contribution in [0.1, 0.15) is 62.6 Å². The van der Waals surface area contributed by atoms with Crippen molar-refractivity contribution < 1.29 is 0 Å². The molecule has 0 nitrogen and oxygen atoms in total. The molecule has 0 saturated carbocycles. The van der Waals surface area contributed by atoms with Crippen LogP contribution in [0.5, 0.6) is 0 Å². The number of hydrogen-bond acceptors (Lipinski definition) is 0. The van der Waals surface area contributed by atoms with Gasteiger partial charge in [0, 0.05) is 0 Å². The van der Waals surface area contributed by atoms with Gasteiger partial charge in [0.15, 0.2) is 0 Å². The molecule has 3 atom stereocenters. The number of allylic oxidation sites excluding steroid dienone is 2. The molecule has 25 heavy (non-hydrogen) atoms. The van der Waals surface area contributed by atoms with Gasteiger partial charge in [0.25, 0.3) is 0 Å². The Labute approximate surface area is 153 Å². The minimum atomic E-state index is 0.630. The van der Waals surface area contributed by atoms with Crippen molar-refractivity contribution in [1.29, 1.82) is 0 Å². The molecule has 0 radical (unpaired) electrons. The molecule has 0 fully saturated rings. The number of benzene rings is 2. The van der Waals surface area contributed by atoms with E-state index < -0.39 is 0 Å². The highest BCUT2D eigenvalue weighted by Crippen LogP contribution is 2.46. The van der Waals surface area contributed by atoms with Crippen LogP contribution in [0.3, 0.4) is 0 Å². The first-order valence-corrected chi connectivity index (χ1v) is 10.0. The van der Waals surface area contributed by atoms with E-state index in [1.54, 1.807) is 16.7 Å². The molecule has 2 aliphatic rings. The van der Waals surface area contributed by atoms with E-state index in [2.05, 4.69) is 69.3 Å². The van der Waals surface area contributed by atoms with Crippen molar-refractivity contribution in [2.45, 2.75) is 58.8 Å². The lowest BCUT2D eigenvalue weighted by atomic mass is 9.71. The molecule has 0 heteroatoms. The maximum atomic E-state index is 2.50. The van der Waals surface area contributed by atoms with Crippen molar-refractivity contribution in [2.24, 2.45) is 11.8 Å². The summed E-state index contributed by atoms with van der Waals surface area (Å²) in [7, 11) is 0. The minimum Gasteiger partial charge on any atom is -0.0853 e. The van der Waals surface area contributed by atoms with Crippen molar-refractivity contribution >= 4 is 0 Å². The summed E-state index contributed by atoms with van der Waals surface area (Å²) in [4.78, 5) is 0. The average Bonchev–Trinajstić information content (AvgIpc) is 2.77. The van der Waals surface area contributed by atoms with Crippen LogP contribution in [0.4, 0.5) is 0 Å². The van der Waals surface area contributed by atoms with E-state index in [1.807, 2.05) is 0 Å². The van der Waals surface area contributed by atoms with Gasteiger partial charge in [-0.3, -0.25) is 0 Å². The molecule has 130 valence electrons. The molecule has 4 rings (SSSR count). The number of fused-ring (bicyclic) bond motifs is 3. The van der Waals surface area contributed by atoms with Gasteiger partial charge in [-0.25, -0.2) is 0 Å². The van der Waals surface area contributed by atoms with E-state index in [4.69, 9.17) is 0 Å². The van der Waals surface area contributed by atoms with Crippen molar-refractivity contribution in [3.05, 3.63) is 70.8 Å². The molecule has 2 aromatic rings. The number of rotatable bonds is 2. The minimum absolute atomic E-state index is 0.630. The fourth-order valence-electron chi connectivity index (χ4n) is 5.05. The van der Waals surface area contributed by atoms with E-state index in [0.717, 1.165) is 18.3 Å². The summed E-state index contributed by atoms with van der Waals surface area (Å²) in [6.07, 6.45) is 8.78. The third kappa shape index (κ3) is 3.08. The standard InChI is InChI=1S/C25H30/c1-4-19-11-14-23-21(15-19)16-25(20-12-9-17(2)10-13-20)18(3)22-7-5-6-8-24(22)23/h5-9,11,14-15,18,20,25H,4,10,12-13,16H2,1-3H3. The van der Waals surface area contributed by atoms with Gasteiger partial charge in [-0.05, 0) is 84.6 Å². The van der Waals surface area contributed by atoms with Crippen LogP contribution in [0.2, 0.25) is 0 Å². The second-order valence-electron chi connectivity index (χ2n) is 8.17. The Balaban J connectivity index is 1.81. The molecule has 0 amide bonds. The van der Waals surface area contributed by atoms with Gasteiger partial charge in [-0.1, -0.05) is 68.0 Å². The van der Waals surface area contributed by atoms with Crippen LogP contribution in [-0.2, 0) is 12.8 Å². The van der Waals surface area contributed by atoms with Crippen LogP contribution in [-0.4, -0.2) is 0 Å². The molecule has 2 aromatic carbocycles. The van der Waals surface area contributed by atoms with Crippen LogP contribution in [0.15, 0.2) is 54.1 Å². The molecule has 2 aliphatic carbocycles. The molecule has 0 heterocycles. The van der Waals surface area contributed by atoms with Crippen molar-refractivity contribution in [3.8, 4) is 11.1 Å². The summed E-state index contributed by atoms with van der Waals surface area (Å²) in [6.45, 7) is 7.04. The fraction of sp³-hybridized carbons (Fsp3) is 0.440. The maximum absolute atomic E-state index is 2.50. The van der Waals surface area contributed by atoms with Crippen molar-refractivity contribution in [2.75, 3.05) is 0 Å². The number of aryl methyl sites for hydroxylation is 1. The zero-order valence-corrected chi connectivity index (χ0v) is 15.9. The third-order valence-electron chi connectivity index (χ3n) is 6.70. The van der Waals surface area contributed by atoms with E-state index >= 15 is 0 Å². The van der Waals surface area contributed by atoms with Crippen molar-refractivity contribution in [1.82, 2.24) is 0 Å². The first kappa shape index (κ1) is 16.6. The van der Waals surface area contributed by atoms with E-state index in [-0.39, 0.29) is 0 Å². The summed E-state index contributed by atoms with van der Waals surface area (Å²) in [5.74, 6) is 2.20. The summed E-state index contributed by atoms with van der Waals surface area (Å²) in [6, 6.07) is 16.3. The zero-order chi connectivity index (χ0) is 17.4. The van der Waals surface area contributed by atoms with Gasteiger partial charge in [-0.2, -0.15) is 0 Å². The van der Waals surface area contributed by atoms with Crippen molar-refractivity contribution in [3.63, 3.8) is 0 Å². The summed E-state index contributed by atoms with van der Waals surface area (Å²) < 4.78 is 0. The lowest BCUT2D eigenvalue weighted by Crippen LogP contribution is -2.24. The highest BCUT2D eigenvalue weighted by molar-refractivity contribution is 5.73. The lowest BCUT2D eigenvalue weighted by Gasteiger charge is -2.33. The van der Waals surface area contributed by atoms with E-state index in [1.165, 1.54) is 42.4 Å². The zero-order valence-electron chi connectivity index (χ0n) is 15.9. The Morgan fingerprint density at radius 2 is 1.88 bits per heavy atom. The smallest absolute Gasteiger partial charge is 0.0146 e. The molecule has 0 aromatic heterocycles. The lowest BCUT2D eigenvalue weighted by molar-refractivity contribution is 0.267. The van der Waals surface area contributed by atoms with Gasteiger partial charge in [-0.15, -0.1) is 0 Å². The Morgan fingerprint density at radius 1 is 1.04 bits per heavy atom. The first-order valence-electron chi connectivity index (χ1n) is 10.0. The normalized spacial score (nSPS) is 25.6. The van der Waals surface area contributed by atoms with Crippen LogP contribution >= 0.6 is 0 Å². The SMILES string of the molecule is CCc1ccc2c(c1)CC(C1CC=C(C)CC1)C(C)c1ccccc1-2. The number of hydrogen-bond donors (Lipinski definition) is 0. The van der Waals surface area contributed by atoms with Crippen LogP contribution in [0, 0.1) is 11.8 Å². The molecule has 0 aliphatic heterocycles. The van der Waals surface area contributed by atoms with Gasteiger partial charge in [0.1, 0.15) is 0 Å². The van der Waals surface area contributed by atoms with Crippen LogP contribution < -0.4 is 0 Å². The molecule has 0 bridgehead atoms. The summed E-state index contributed by atoms with van der Waals surface area (Å²) in [5.41, 5.74) is 9.15. The predicted molar refractivity (Wildman–Crippen MR) is 108 cm³/mol. The predicted octanol–water partition coefficient (Wildman–Crippen LogP) is 6.94. The molecule has 0 spiro atoms. The molecular weight excluding hydrogens is 300 g/mol. The highest BCUT2D eigenvalue weighted by Gasteiger charge is 2.33. The van der Waals surface area contributed by atoms with Gasteiger partial charge < -0.3 is 0 Å². The second kappa shape index (κ2) is 6.83. The quantitative estimate of drug-likeness (QED) is 0.523. The monoisotopic (exact) mass is 330 g/mol. The third-order valence-corrected chi connectivity index (χ3v) is 6.70. The molecule has 3 unspecified atom stereocenters. The average molecular weight is 331 g/mol. The molecular formula is C25H30. The largest absolute Gasteiger partial charge is 0.0853 e. The second-order valence-corrected chi connectivity index (χ2v) is 8.17. The highest BCUT2D eigenvalue weighted by atomic mass is 14.4. The Morgan fingerprint density at radius 3 is 2.64 bits per heavy atom.